The minimum absolute atomic E-state index is 0.0672. The molecular weight excluding hydrogens is 372 g/mol. The van der Waals surface area contributed by atoms with Crippen molar-refractivity contribution < 1.29 is 29.0 Å². The van der Waals surface area contributed by atoms with Crippen LogP contribution in [-0.2, 0) is 6.54 Å². The summed E-state index contributed by atoms with van der Waals surface area (Å²) in [5.74, 6) is 0.180. The molecular formula is C22H27N2O5+. The molecule has 2 amide bonds. The van der Waals surface area contributed by atoms with Crippen LogP contribution in [0.25, 0.3) is 0 Å². The summed E-state index contributed by atoms with van der Waals surface area (Å²) in [7, 11) is 0. The normalized spacial score (nSPS) is 13.0. The number of amides is 2. The lowest BCUT2D eigenvalue weighted by Gasteiger charge is -2.14. The summed E-state index contributed by atoms with van der Waals surface area (Å²) < 4.78 is 12.5. The predicted molar refractivity (Wildman–Crippen MR) is 105 cm³/mol. The Morgan fingerprint density at radius 2 is 1.48 bits per heavy atom. The van der Waals surface area contributed by atoms with E-state index in [1.807, 2.05) is 0 Å². The second-order valence-electron chi connectivity index (χ2n) is 6.98. The largest absolute Gasteiger partial charge is 0.489 e. The van der Waals surface area contributed by atoms with Gasteiger partial charge in [-0.05, 0) is 25.0 Å². The maximum atomic E-state index is 12.6. The summed E-state index contributed by atoms with van der Waals surface area (Å²) in [6.07, 6.45) is 5.17. The molecule has 0 atom stereocenters. The molecule has 7 nitrogen and oxygen atoms in total. The van der Waals surface area contributed by atoms with Crippen LogP contribution in [0.5, 0.6) is 11.5 Å². The van der Waals surface area contributed by atoms with Crippen molar-refractivity contribution in [2.75, 3.05) is 13.2 Å². The molecule has 1 N–H and O–H groups in total. The van der Waals surface area contributed by atoms with Crippen molar-refractivity contribution in [3.8, 4) is 11.5 Å². The van der Waals surface area contributed by atoms with E-state index in [1.54, 1.807) is 30.3 Å². The van der Waals surface area contributed by atoms with Crippen LogP contribution in [-0.4, -0.2) is 35.1 Å². The smallest absolute Gasteiger partial charge is 0.268 e. The lowest BCUT2D eigenvalue weighted by Crippen LogP contribution is -2.40. The first-order valence-corrected chi connectivity index (χ1v) is 10.1. The van der Waals surface area contributed by atoms with E-state index in [0.29, 0.717) is 41.5 Å². The van der Waals surface area contributed by atoms with Crippen molar-refractivity contribution in [2.24, 2.45) is 0 Å². The predicted octanol–water partition coefficient (Wildman–Crippen LogP) is 3.37. The van der Waals surface area contributed by atoms with Crippen LogP contribution in [0.2, 0.25) is 0 Å². The monoisotopic (exact) mass is 399 g/mol. The molecule has 3 rings (SSSR count). The number of benzene rings is 1. The average Bonchev–Trinajstić information content (AvgIpc) is 2.96. The lowest BCUT2D eigenvalue weighted by molar-refractivity contribution is -0.910. The molecule has 154 valence electrons. The minimum Gasteiger partial charge on any atom is -0.489 e. The third-order valence-electron chi connectivity index (χ3n) is 4.78. The van der Waals surface area contributed by atoms with E-state index in [4.69, 9.17) is 9.47 Å². The molecule has 1 aliphatic heterocycles. The van der Waals surface area contributed by atoms with Crippen molar-refractivity contribution in [3.05, 3.63) is 53.3 Å². The number of aromatic nitrogens is 1. The van der Waals surface area contributed by atoms with Crippen LogP contribution in [0.4, 0.5) is 0 Å². The van der Waals surface area contributed by atoms with Crippen LogP contribution in [0.1, 0.15) is 65.9 Å². The fraction of sp³-hybridized carbons (Fsp3) is 0.409. The number of fused-ring (bicyclic) bond motifs is 1. The molecule has 2 heterocycles. The highest BCUT2D eigenvalue weighted by Gasteiger charge is 2.37. The Bertz CT molecular complexity index is 862. The van der Waals surface area contributed by atoms with Crippen LogP contribution < -0.4 is 14.2 Å². The Balaban J connectivity index is 1.84. The van der Waals surface area contributed by atoms with Crippen molar-refractivity contribution in [1.82, 2.24) is 4.90 Å². The number of imide groups is 1. The summed E-state index contributed by atoms with van der Waals surface area (Å²) in [6, 6.07) is 8.34. The first-order chi connectivity index (χ1) is 14.1. The van der Waals surface area contributed by atoms with E-state index in [9.17, 15) is 14.8 Å². The molecule has 0 saturated heterocycles. The van der Waals surface area contributed by atoms with Gasteiger partial charge in [0.2, 0.25) is 5.75 Å². The van der Waals surface area contributed by atoms with Crippen molar-refractivity contribution in [2.45, 2.75) is 46.1 Å². The Morgan fingerprint density at radius 1 is 0.931 bits per heavy atom. The molecule has 0 bridgehead atoms. The number of nitrogens with zero attached hydrogens (tertiary/aromatic N) is 2. The molecule has 0 aliphatic carbocycles. The van der Waals surface area contributed by atoms with Gasteiger partial charge in [0.1, 0.15) is 6.54 Å². The van der Waals surface area contributed by atoms with Gasteiger partial charge in [0, 0.05) is 4.73 Å². The van der Waals surface area contributed by atoms with Crippen LogP contribution in [0.15, 0.2) is 36.5 Å². The van der Waals surface area contributed by atoms with Gasteiger partial charge in [-0.25, -0.2) is 0 Å². The zero-order chi connectivity index (χ0) is 20.8. The summed E-state index contributed by atoms with van der Waals surface area (Å²) in [6.45, 7) is 5.10. The van der Waals surface area contributed by atoms with E-state index < -0.39 is 0 Å². The highest BCUT2D eigenvalue weighted by atomic mass is 16.5. The highest BCUT2D eigenvalue weighted by molar-refractivity contribution is 6.21. The summed E-state index contributed by atoms with van der Waals surface area (Å²) in [5.41, 5.74) is 1.11. The van der Waals surface area contributed by atoms with Gasteiger partial charge >= 0.3 is 0 Å². The fourth-order valence-corrected chi connectivity index (χ4v) is 3.08. The van der Waals surface area contributed by atoms with Crippen molar-refractivity contribution >= 4 is 11.8 Å². The molecule has 1 aliphatic rings. The average molecular weight is 399 g/mol. The van der Waals surface area contributed by atoms with Gasteiger partial charge in [0.05, 0.1) is 30.4 Å². The Hall–Kier alpha value is -3.09. The molecule has 0 unspecified atom stereocenters. The van der Waals surface area contributed by atoms with Crippen LogP contribution in [0, 0.1) is 0 Å². The van der Waals surface area contributed by atoms with Crippen LogP contribution >= 0.6 is 0 Å². The standard InChI is InChI=1S/C22H27N2O5/c1-3-5-11-28-19-13-16(24(27)15-20(19)29-12-6-4-2)14-23-21(25)17-9-7-8-10-18(17)22(23)26/h7-10,13,15,27H,3-6,11-12,14H2,1-2H3/q+1. The maximum absolute atomic E-state index is 12.6. The highest BCUT2D eigenvalue weighted by Crippen LogP contribution is 2.29. The number of carbonyl (C=O) groups excluding carboxylic acids is 2. The number of pyridine rings is 1. The topological polar surface area (TPSA) is 80.0 Å². The molecule has 0 fully saturated rings. The number of hydrogen-bond donors (Lipinski definition) is 1. The molecule has 0 radical (unpaired) electrons. The SMILES string of the molecule is CCCCOc1cc(CN2C(=O)c3ccccc3C2=O)[n+](O)cc1OCCCC. The van der Waals surface area contributed by atoms with Crippen molar-refractivity contribution in [1.29, 1.82) is 0 Å². The van der Waals surface area contributed by atoms with E-state index in [-0.39, 0.29) is 18.4 Å². The van der Waals surface area contributed by atoms with Gasteiger partial charge in [-0.15, -0.1) is 0 Å². The minimum atomic E-state index is -0.373. The number of hydrogen-bond acceptors (Lipinski definition) is 5. The zero-order valence-electron chi connectivity index (χ0n) is 16.9. The Morgan fingerprint density at radius 3 is 2.03 bits per heavy atom. The van der Waals surface area contributed by atoms with E-state index in [1.165, 1.54) is 6.20 Å². The zero-order valence-corrected chi connectivity index (χ0v) is 16.9. The summed E-state index contributed by atoms with van der Waals surface area (Å²) in [4.78, 5) is 26.4. The molecule has 29 heavy (non-hydrogen) atoms. The molecule has 1 aromatic heterocycles. The number of carbonyl (C=O) groups is 2. The summed E-state index contributed by atoms with van der Waals surface area (Å²) in [5, 5.41) is 10.4. The second-order valence-corrected chi connectivity index (χ2v) is 6.98. The molecule has 0 saturated carbocycles. The van der Waals surface area contributed by atoms with E-state index in [0.717, 1.165) is 35.3 Å². The Kier molecular flexibility index (Phi) is 6.69. The molecule has 0 spiro atoms. The number of unbranched alkanes of at least 4 members (excludes halogenated alkanes) is 2. The van der Waals surface area contributed by atoms with E-state index in [2.05, 4.69) is 13.8 Å². The molecule has 7 heteroatoms. The summed E-state index contributed by atoms with van der Waals surface area (Å²) >= 11 is 0. The van der Waals surface area contributed by atoms with Gasteiger partial charge in [-0.1, -0.05) is 38.8 Å². The van der Waals surface area contributed by atoms with E-state index >= 15 is 0 Å². The van der Waals surface area contributed by atoms with Crippen LogP contribution in [0.3, 0.4) is 0 Å². The Labute approximate surface area is 170 Å². The van der Waals surface area contributed by atoms with Crippen molar-refractivity contribution in [3.63, 3.8) is 0 Å². The maximum Gasteiger partial charge on any atom is 0.268 e. The molecule has 2 aromatic rings. The van der Waals surface area contributed by atoms with Gasteiger partial charge in [0.25, 0.3) is 23.7 Å². The number of rotatable bonds is 10. The third kappa shape index (κ3) is 4.50. The fourth-order valence-electron chi connectivity index (χ4n) is 3.08. The quantitative estimate of drug-likeness (QED) is 0.287. The van der Waals surface area contributed by atoms with Gasteiger partial charge < -0.3 is 9.47 Å². The number of ether oxygens (including phenoxy) is 2. The second kappa shape index (κ2) is 9.41. The first kappa shape index (κ1) is 20.6. The first-order valence-electron chi connectivity index (χ1n) is 10.1. The van der Waals surface area contributed by atoms with Gasteiger partial charge in [-0.2, -0.15) is 0 Å². The molecule has 1 aromatic carbocycles. The third-order valence-corrected chi connectivity index (χ3v) is 4.78. The lowest BCUT2D eigenvalue weighted by atomic mass is 10.1. The van der Waals surface area contributed by atoms with Gasteiger partial charge in [-0.3, -0.25) is 19.7 Å². The van der Waals surface area contributed by atoms with Gasteiger partial charge in [0.15, 0.2) is 5.75 Å².